The third-order valence-corrected chi connectivity index (χ3v) is 5.54. The fourth-order valence-electron chi connectivity index (χ4n) is 3.94. The van der Waals surface area contributed by atoms with E-state index in [1.165, 1.54) is 70.6 Å². The van der Waals surface area contributed by atoms with Gasteiger partial charge in [-0.25, -0.2) is 14.3 Å². The molecular weight excluding hydrogens is 350 g/mol. The number of unbranched alkanes of at least 4 members (excludes halogenated alkanes) is 11. The second-order valence-corrected chi connectivity index (χ2v) is 7.94. The van der Waals surface area contributed by atoms with Gasteiger partial charge in [-0.15, -0.1) is 0 Å². The van der Waals surface area contributed by atoms with E-state index in [0.29, 0.717) is 17.6 Å². The molecule has 0 bridgehead atoms. The number of carbonyl (C=O) groups is 1. The van der Waals surface area contributed by atoms with Crippen molar-refractivity contribution in [1.82, 2.24) is 0 Å². The Morgan fingerprint density at radius 3 is 2.14 bits per heavy atom. The van der Waals surface area contributed by atoms with Gasteiger partial charge in [0.2, 0.25) is 5.84 Å². The number of quaternary nitrogens is 1. The number of allylic oxidation sites excluding steroid dienone is 2. The molecule has 1 unspecified atom stereocenters. The van der Waals surface area contributed by atoms with Crippen molar-refractivity contribution in [3.63, 3.8) is 0 Å². The molecule has 28 heavy (non-hydrogen) atoms. The van der Waals surface area contributed by atoms with E-state index < -0.39 is 5.97 Å². The van der Waals surface area contributed by atoms with Crippen molar-refractivity contribution in [1.29, 1.82) is 0 Å². The maximum absolute atomic E-state index is 11.2. The lowest BCUT2D eigenvalue weighted by Crippen LogP contribution is -2.52. The van der Waals surface area contributed by atoms with Crippen LogP contribution < -0.4 is 5.73 Å². The van der Waals surface area contributed by atoms with Gasteiger partial charge in [0.25, 0.3) is 0 Å². The molecule has 0 fully saturated rings. The second kappa shape index (κ2) is 15.5. The summed E-state index contributed by atoms with van der Waals surface area (Å²) in [5.41, 5.74) is 5.71. The molecular formula is C23H42N3O2+. The van der Waals surface area contributed by atoms with Crippen LogP contribution >= 0.6 is 0 Å². The van der Waals surface area contributed by atoms with Gasteiger partial charge in [0.05, 0.1) is 6.20 Å². The highest BCUT2D eigenvalue weighted by molar-refractivity contribution is 5.81. The van der Waals surface area contributed by atoms with Gasteiger partial charge in [0.1, 0.15) is 12.7 Å². The normalized spacial score (nSPS) is 18.9. The number of hydrogen-bond acceptors (Lipinski definition) is 3. The standard InChI is InChI=1S/C23H41N3O2/c1-2-3-4-5-6-7-8-9-10-11-12-13-14-15-16-22-25-18-20-26(22,19-17-24)21-23(27)28/h2-3,18,20H,4-17,19,21,24H2,1H3/p+1/b3-2+. The van der Waals surface area contributed by atoms with E-state index >= 15 is 0 Å². The molecule has 1 aliphatic rings. The van der Waals surface area contributed by atoms with Crippen LogP contribution in [0.5, 0.6) is 0 Å². The average molecular weight is 393 g/mol. The van der Waals surface area contributed by atoms with E-state index in [4.69, 9.17) is 5.73 Å². The molecule has 0 saturated carbocycles. The first kappa shape index (κ1) is 24.6. The lowest BCUT2D eigenvalue weighted by molar-refractivity contribution is -0.778. The number of amidine groups is 1. The number of hydrogen-bond donors (Lipinski definition) is 2. The SMILES string of the molecule is C/C=C/CCCCCCCCCCCCCC1=NC=C[N+]1(CCN)CC(=O)O. The minimum absolute atomic E-state index is 0.0435. The molecule has 0 aromatic carbocycles. The minimum atomic E-state index is -0.800. The Morgan fingerprint density at radius 2 is 1.61 bits per heavy atom. The lowest BCUT2D eigenvalue weighted by Gasteiger charge is -2.30. The van der Waals surface area contributed by atoms with Crippen molar-refractivity contribution in [2.45, 2.75) is 90.4 Å². The Morgan fingerprint density at radius 1 is 1.04 bits per heavy atom. The highest BCUT2D eigenvalue weighted by Crippen LogP contribution is 2.21. The highest BCUT2D eigenvalue weighted by Gasteiger charge is 2.36. The zero-order chi connectivity index (χ0) is 20.5. The van der Waals surface area contributed by atoms with Gasteiger partial charge < -0.3 is 10.8 Å². The first-order valence-corrected chi connectivity index (χ1v) is 11.3. The summed E-state index contributed by atoms with van der Waals surface area (Å²) in [5, 5.41) is 9.23. The molecule has 0 spiro atoms. The zero-order valence-electron chi connectivity index (χ0n) is 18.0. The molecule has 0 radical (unpaired) electrons. The number of nitrogens with zero attached hydrogens (tertiary/aromatic N) is 2. The van der Waals surface area contributed by atoms with E-state index in [0.717, 1.165) is 18.7 Å². The van der Waals surface area contributed by atoms with Crippen LogP contribution in [0.3, 0.4) is 0 Å². The molecule has 0 saturated heterocycles. The molecule has 0 amide bonds. The number of aliphatic imine (C=N–C) groups is 1. The third kappa shape index (κ3) is 10.2. The van der Waals surface area contributed by atoms with Gasteiger partial charge in [-0.3, -0.25) is 0 Å². The van der Waals surface area contributed by atoms with Crippen molar-refractivity contribution in [3.8, 4) is 0 Å². The van der Waals surface area contributed by atoms with Gasteiger partial charge in [-0.2, -0.15) is 0 Å². The van der Waals surface area contributed by atoms with Crippen LogP contribution in [0.1, 0.15) is 90.4 Å². The van der Waals surface area contributed by atoms with Crippen molar-refractivity contribution in [2.24, 2.45) is 10.7 Å². The minimum Gasteiger partial charge on any atom is -0.477 e. The quantitative estimate of drug-likeness (QED) is 0.187. The predicted octanol–water partition coefficient (Wildman–Crippen LogP) is 5.38. The Balaban J connectivity index is 2.03. The number of carboxylic acids is 1. The van der Waals surface area contributed by atoms with Gasteiger partial charge >= 0.3 is 5.97 Å². The Labute approximate surface area is 172 Å². The fourth-order valence-corrected chi connectivity index (χ4v) is 3.94. The van der Waals surface area contributed by atoms with Crippen LogP contribution in [0, 0.1) is 0 Å². The molecule has 1 heterocycles. The Kier molecular flexibility index (Phi) is 13.6. The summed E-state index contributed by atoms with van der Waals surface area (Å²) in [6.45, 7) is 3.21. The van der Waals surface area contributed by atoms with E-state index in [1.54, 1.807) is 6.20 Å². The second-order valence-electron chi connectivity index (χ2n) is 7.94. The number of nitrogens with two attached hydrogens (primary N) is 1. The third-order valence-electron chi connectivity index (χ3n) is 5.54. The molecule has 160 valence electrons. The fraction of sp³-hybridized carbons (Fsp3) is 0.739. The molecule has 1 rings (SSSR count). The summed E-state index contributed by atoms with van der Waals surface area (Å²) >= 11 is 0. The van der Waals surface area contributed by atoms with Crippen LogP contribution in [0.4, 0.5) is 0 Å². The van der Waals surface area contributed by atoms with Gasteiger partial charge in [-0.1, -0.05) is 69.9 Å². The van der Waals surface area contributed by atoms with Crippen molar-refractivity contribution >= 4 is 11.8 Å². The average Bonchev–Trinajstić information content (AvgIpc) is 3.03. The maximum atomic E-state index is 11.2. The molecule has 5 heteroatoms. The maximum Gasteiger partial charge on any atom is 0.360 e. The molecule has 0 aromatic rings. The zero-order valence-corrected chi connectivity index (χ0v) is 18.0. The van der Waals surface area contributed by atoms with Crippen molar-refractivity contribution < 1.29 is 14.4 Å². The molecule has 1 atom stereocenters. The lowest BCUT2D eigenvalue weighted by atomic mass is 10.0. The Hall–Kier alpha value is -1.46. The number of aliphatic carboxylic acids is 1. The van der Waals surface area contributed by atoms with E-state index in [2.05, 4.69) is 24.1 Å². The summed E-state index contributed by atoms with van der Waals surface area (Å²) in [6.07, 6.45) is 24.5. The molecule has 0 aliphatic carbocycles. The first-order valence-electron chi connectivity index (χ1n) is 11.3. The van der Waals surface area contributed by atoms with Crippen LogP contribution in [0.15, 0.2) is 29.5 Å². The van der Waals surface area contributed by atoms with Crippen molar-refractivity contribution in [2.75, 3.05) is 19.6 Å². The van der Waals surface area contributed by atoms with Crippen LogP contribution in [0.25, 0.3) is 0 Å². The topological polar surface area (TPSA) is 75.7 Å². The predicted molar refractivity (Wildman–Crippen MR) is 118 cm³/mol. The van der Waals surface area contributed by atoms with Crippen LogP contribution in [-0.2, 0) is 4.79 Å². The molecule has 5 nitrogen and oxygen atoms in total. The molecule has 3 N–H and O–H groups in total. The van der Waals surface area contributed by atoms with E-state index in [-0.39, 0.29) is 6.54 Å². The first-order chi connectivity index (χ1) is 13.6. The van der Waals surface area contributed by atoms with E-state index in [1.807, 2.05) is 6.20 Å². The number of rotatable bonds is 18. The van der Waals surface area contributed by atoms with E-state index in [9.17, 15) is 9.90 Å². The summed E-state index contributed by atoms with van der Waals surface area (Å²) in [6, 6.07) is 0. The number of carboxylic acid groups (broad SMARTS) is 1. The van der Waals surface area contributed by atoms with Crippen molar-refractivity contribution in [3.05, 3.63) is 24.6 Å². The van der Waals surface area contributed by atoms with Gasteiger partial charge in [0.15, 0.2) is 6.54 Å². The van der Waals surface area contributed by atoms with Crippen LogP contribution in [-0.4, -0.2) is 41.0 Å². The summed E-state index contributed by atoms with van der Waals surface area (Å²) in [5.74, 6) is 0.160. The largest absolute Gasteiger partial charge is 0.477 e. The van der Waals surface area contributed by atoms with Crippen LogP contribution in [0.2, 0.25) is 0 Å². The summed E-state index contributed by atoms with van der Waals surface area (Å²) in [4.78, 5) is 15.7. The smallest absolute Gasteiger partial charge is 0.360 e. The highest BCUT2D eigenvalue weighted by atomic mass is 16.4. The van der Waals surface area contributed by atoms with Gasteiger partial charge in [0, 0.05) is 13.0 Å². The van der Waals surface area contributed by atoms with Gasteiger partial charge in [-0.05, 0) is 26.2 Å². The Bertz CT molecular complexity index is 514. The molecule has 0 aromatic heterocycles. The summed E-state index contributed by atoms with van der Waals surface area (Å²) in [7, 11) is 0. The monoisotopic (exact) mass is 392 g/mol. The summed E-state index contributed by atoms with van der Waals surface area (Å²) < 4.78 is 0.306. The molecule has 1 aliphatic heterocycles.